The van der Waals surface area contributed by atoms with Crippen molar-refractivity contribution in [2.75, 3.05) is 37.6 Å². The fraction of sp³-hybridized carbons (Fsp3) is 0.304. The van der Waals surface area contributed by atoms with Crippen molar-refractivity contribution in [3.05, 3.63) is 69.0 Å². The maximum atomic E-state index is 13.3. The molecule has 0 saturated carbocycles. The molecule has 3 aromatic rings. The van der Waals surface area contributed by atoms with Crippen LogP contribution < -0.4 is 4.90 Å². The molecule has 0 aliphatic carbocycles. The summed E-state index contributed by atoms with van der Waals surface area (Å²) in [6.45, 7) is 3.75. The topological polar surface area (TPSA) is 59.4 Å². The molecule has 1 aromatic carbocycles. The van der Waals surface area contributed by atoms with Gasteiger partial charge in [-0.25, -0.2) is 5.01 Å². The van der Waals surface area contributed by atoms with Crippen molar-refractivity contribution in [1.29, 1.82) is 0 Å². The quantitative estimate of drug-likeness (QED) is 0.635. The third-order valence-corrected chi connectivity index (χ3v) is 7.68. The Morgan fingerprint density at radius 1 is 1.00 bits per heavy atom. The van der Waals surface area contributed by atoms with Gasteiger partial charge in [0.1, 0.15) is 5.75 Å². The number of hydrazone groups is 1. The second kappa shape index (κ2) is 8.82. The lowest BCUT2D eigenvalue weighted by molar-refractivity contribution is -0.134. The number of thiophene rings is 2. The number of carbonyl (C=O) groups excluding carboxylic acids is 1. The number of benzene rings is 1. The van der Waals surface area contributed by atoms with Gasteiger partial charge in [-0.3, -0.25) is 9.69 Å². The van der Waals surface area contributed by atoms with Crippen LogP contribution in [-0.4, -0.2) is 59.4 Å². The molecule has 0 radical (unpaired) electrons. The van der Waals surface area contributed by atoms with Crippen molar-refractivity contribution in [2.45, 2.75) is 12.5 Å². The maximum absolute atomic E-state index is 13.3. The first-order chi connectivity index (χ1) is 15.2. The number of aromatic hydroxyl groups is 1. The molecule has 1 amide bonds. The zero-order chi connectivity index (χ0) is 21.2. The number of phenols is 1. The van der Waals surface area contributed by atoms with Crippen LogP contribution in [0.15, 0.2) is 64.4 Å². The smallest absolute Gasteiger partial charge is 0.257 e. The number of hydrogen-bond acceptors (Lipinski definition) is 7. The van der Waals surface area contributed by atoms with Crippen LogP contribution in [0.25, 0.3) is 0 Å². The molecular weight excluding hydrogens is 428 g/mol. The van der Waals surface area contributed by atoms with Gasteiger partial charge in [0, 0.05) is 43.2 Å². The molecule has 5 rings (SSSR count). The summed E-state index contributed by atoms with van der Waals surface area (Å²) in [5.41, 5.74) is 2.10. The molecule has 0 bridgehead atoms. The van der Waals surface area contributed by atoms with E-state index in [0.29, 0.717) is 6.54 Å². The second-order valence-electron chi connectivity index (χ2n) is 7.78. The summed E-state index contributed by atoms with van der Waals surface area (Å²) in [5.74, 6) is 0.337. The standard InChI is InChI=1S/C23H24N4O2S2/c28-18-7-5-17(6-8-18)26-11-9-25(10-12-26)16-23(29)27-20(22-4-2-14-31-22)15-19(24-27)21-3-1-13-30-21/h1-8,13-14,20,28H,9-12,15-16H2/t20-/m1/s1. The first-order valence-electron chi connectivity index (χ1n) is 10.4. The Labute approximate surface area is 189 Å². The van der Waals surface area contributed by atoms with Crippen molar-refractivity contribution in [3.8, 4) is 5.75 Å². The summed E-state index contributed by atoms with van der Waals surface area (Å²) in [7, 11) is 0. The summed E-state index contributed by atoms with van der Waals surface area (Å²) < 4.78 is 0. The molecule has 8 heteroatoms. The van der Waals surface area contributed by atoms with Crippen molar-refractivity contribution in [1.82, 2.24) is 9.91 Å². The Morgan fingerprint density at radius 2 is 1.74 bits per heavy atom. The van der Waals surface area contributed by atoms with Crippen molar-refractivity contribution in [2.24, 2.45) is 5.10 Å². The molecule has 0 spiro atoms. The summed E-state index contributed by atoms with van der Waals surface area (Å²) in [5, 5.41) is 20.1. The maximum Gasteiger partial charge on any atom is 0.257 e. The highest BCUT2D eigenvalue weighted by molar-refractivity contribution is 7.12. The monoisotopic (exact) mass is 452 g/mol. The fourth-order valence-corrected chi connectivity index (χ4v) is 5.66. The first-order valence-corrected chi connectivity index (χ1v) is 12.2. The third kappa shape index (κ3) is 4.37. The Hall–Kier alpha value is -2.68. The molecule has 160 valence electrons. The van der Waals surface area contributed by atoms with E-state index in [4.69, 9.17) is 5.10 Å². The van der Waals surface area contributed by atoms with Gasteiger partial charge in [-0.1, -0.05) is 12.1 Å². The highest BCUT2D eigenvalue weighted by Crippen LogP contribution is 2.36. The summed E-state index contributed by atoms with van der Waals surface area (Å²) in [6, 6.07) is 15.5. The van der Waals surface area contributed by atoms with Crippen molar-refractivity contribution < 1.29 is 9.90 Å². The number of hydrogen-bond donors (Lipinski definition) is 1. The van der Waals surface area contributed by atoms with Gasteiger partial charge in [0.05, 0.1) is 23.2 Å². The highest BCUT2D eigenvalue weighted by atomic mass is 32.1. The molecule has 2 aliphatic rings. The van der Waals surface area contributed by atoms with Crippen molar-refractivity contribution >= 4 is 40.0 Å². The lowest BCUT2D eigenvalue weighted by Gasteiger charge is -2.36. The van der Waals surface area contributed by atoms with Crippen LogP contribution in [0.4, 0.5) is 5.69 Å². The normalized spacial score (nSPS) is 19.6. The van der Waals surface area contributed by atoms with Crippen LogP contribution in [-0.2, 0) is 4.79 Å². The number of piperazine rings is 1. The minimum Gasteiger partial charge on any atom is -0.508 e. The Bertz CT molecular complexity index is 1040. The van der Waals surface area contributed by atoms with E-state index in [1.807, 2.05) is 24.3 Å². The van der Waals surface area contributed by atoms with Gasteiger partial charge in [-0.2, -0.15) is 5.10 Å². The molecular formula is C23H24N4O2S2. The van der Waals surface area contributed by atoms with Gasteiger partial charge in [-0.15, -0.1) is 22.7 Å². The molecule has 4 heterocycles. The molecule has 1 atom stereocenters. The van der Waals surface area contributed by atoms with Crippen molar-refractivity contribution in [3.63, 3.8) is 0 Å². The summed E-state index contributed by atoms with van der Waals surface area (Å²) in [4.78, 5) is 20.1. The van der Waals surface area contributed by atoms with E-state index in [-0.39, 0.29) is 17.7 Å². The van der Waals surface area contributed by atoms with E-state index in [1.165, 1.54) is 4.88 Å². The number of anilines is 1. The predicted molar refractivity (Wildman–Crippen MR) is 126 cm³/mol. The number of amides is 1. The minimum atomic E-state index is -0.0112. The van der Waals surface area contributed by atoms with Crippen LogP contribution in [0, 0.1) is 0 Å². The van der Waals surface area contributed by atoms with E-state index in [1.54, 1.807) is 39.8 Å². The molecule has 0 unspecified atom stereocenters. The van der Waals surface area contributed by atoms with E-state index in [0.717, 1.165) is 48.9 Å². The fourth-order valence-electron chi connectivity index (χ4n) is 4.13. The largest absolute Gasteiger partial charge is 0.508 e. The van der Waals surface area contributed by atoms with E-state index >= 15 is 0 Å². The molecule has 31 heavy (non-hydrogen) atoms. The lowest BCUT2D eigenvalue weighted by atomic mass is 10.1. The minimum absolute atomic E-state index is 0.0112. The zero-order valence-corrected chi connectivity index (χ0v) is 18.7. The molecule has 1 saturated heterocycles. The average Bonchev–Trinajstić information content (AvgIpc) is 3.56. The SMILES string of the molecule is O=C(CN1CCN(c2ccc(O)cc2)CC1)N1N=C(c2cccs2)C[C@@H]1c1cccs1. The van der Waals surface area contributed by atoms with Crippen LogP contribution in [0.2, 0.25) is 0 Å². The Morgan fingerprint density at radius 3 is 2.42 bits per heavy atom. The molecule has 1 N–H and O–H groups in total. The number of nitrogens with zero attached hydrogens (tertiary/aromatic N) is 4. The lowest BCUT2D eigenvalue weighted by Crippen LogP contribution is -2.49. The zero-order valence-electron chi connectivity index (χ0n) is 17.1. The van der Waals surface area contributed by atoms with E-state index in [2.05, 4.69) is 32.7 Å². The summed E-state index contributed by atoms with van der Waals surface area (Å²) >= 11 is 3.35. The predicted octanol–water partition coefficient (Wildman–Crippen LogP) is 4.02. The van der Waals surface area contributed by atoms with Crippen LogP contribution in [0.5, 0.6) is 5.75 Å². The number of phenolic OH excluding ortho intramolecular Hbond substituents is 1. The van der Waals surface area contributed by atoms with E-state index in [9.17, 15) is 9.90 Å². The van der Waals surface area contributed by atoms with Gasteiger partial charge in [0.25, 0.3) is 5.91 Å². The van der Waals surface area contributed by atoms with Gasteiger partial charge >= 0.3 is 0 Å². The number of rotatable bonds is 5. The highest BCUT2D eigenvalue weighted by Gasteiger charge is 2.35. The third-order valence-electron chi connectivity index (χ3n) is 5.79. The van der Waals surface area contributed by atoms with Crippen LogP contribution in [0.1, 0.15) is 22.2 Å². The van der Waals surface area contributed by atoms with Gasteiger partial charge < -0.3 is 10.0 Å². The molecule has 1 fully saturated rings. The van der Waals surface area contributed by atoms with Gasteiger partial charge in [-0.05, 0) is 47.2 Å². The Kier molecular flexibility index (Phi) is 5.76. The first kappa shape index (κ1) is 20.2. The second-order valence-corrected chi connectivity index (χ2v) is 9.70. The Balaban J connectivity index is 1.25. The number of carbonyl (C=O) groups is 1. The molecule has 2 aromatic heterocycles. The van der Waals surface area contributed by atoms with Gasteiger partial charge in [0.2, 0.25) is 0 Å². The molecule has 6 nitrogen and oxygen atoms in total. The van der Waals surface area contributed by atoms with Gasteiger partial charge in [0.15, 0.2) is 0 Å². The summed E-state index contributed by atoms with van der Waals surface area (Å²) in [6.07, 6.45) is 0.765. The molecule has 2 aliphatic heterocycles. The van der Waals surface area contributed by atoms with Crippen LogP contribution in [0.3, 0.4) is 0 Å². The van der Waals surface area contributed by atoms with Crippen LogP contribution >= 0.6 is 22.7 Å². The average molecular weight is 453 g/mol. The van der Waals surface area contributed by atoms with E-state index < -0.39 is 0 Å².